The molecule has 0 unspecified atom stereocenters. The Morgan fingerprint density at radius 3 is 2.09 bits per heavy atom. The second-order valence-corrected chi connectivity index (χ2v) is 8.73. The molecular weight excluding hydrogens is 453 g/mol. The highest BCUT2D eigenvalue weighted by Gasteiger charge is 2.30. The smallest absolute Gasteiger partial charge is 0.416 e. The van der Waals surface area contributed by atoms with E-state index in [1.165, 1.54) is 17.7 Å². The van der Waals surface area contributed by atoms with Crippen molar-refractivity contribution in [2.75, 3.05) is 32.8 Å². The number of aryl methyl sites for hydroxylation is 1. The first-order valence-corrected chi connectivity index (χ1v) is 11.8. The molecule has 3 aromatic rings. The molecule has 0 saturated carbocycles. The summed E-state index contributed by atoms with van der Waals surface area (Å²) in [5.74, 6) is 0.728. The van der Waals surface area contributed by atoms with Crippen molar-refractivity contribution in [2.45, 2.75) is 25.6 Å². The molecule has 35 heavy (non-hydrogen) atoms. The molecule has 4 rings (SSSR count). The lowest BCUT2D eigenvalue weighted by molar-refractivity contribution is -0.137. The lowest BCUT2D eigenvalue weighted by Gasteiger charge is -2.34. The highest BCUT2D eigenvalue weighted by atomic mass is 19.4. The Hall–Kier alpha value is -3.32. The third-order valence-corrected chi connectivity index (χ3v) is 6.17. The highest BCUT2D eigenvalue weighted by molar-refractivity contribution is 5.94. The molecule has 3 aromatic carbocycles. The van der Waals surface area contributed by atoms with Crippen molar-refractivity contribution >= 4 is 5.91 Å². The van der Waals surface area contributed by atoms with E-state index in [0.717, 1.165) is 36.3 Å². The SMILES string of the molecule is O=C(c1ccc(OCCCc2ccccc2)cc1)N1CCN(Cc2ccc(C(F)(F)F)cc2)CC1. The van der Waals surface area contributed by atoms with Gasteiger partial charge in [0.2, 0.25) is 0 Å². The predicted molar refractivity (Wildman–Crippen MR) is 129 cm³/mol. The van der Waals surface area contributed by atoms with Crippen molar-refractivity contribution in [1.82, 2.24) is 9.80 Å². The summed E-state index contributed by atoms with van der Waals surface area (Å²) < 4.78 is 44.0. The third kappa shape index (κ3) is 7.09. The molecule has 0 aromatic heterocycles. The Bertz CT molecular complexity index is 1080. The number of halogens is 3. The quantitative estimate of drug-likeness (QED) is 0.388. The van der Waals surface area contributed by atoms with Crippen LogP contribution in [0, 0.1) is 0 Å². The molecule has 184 valence electrons. The molecule has 0 bridgehead atoms. The van der Waals surface area contributed by atoms with Crippen LogP contribution in [0.15, 0.2) is 78.9 Å². The summed E-state index contributed by atoms with van der Waals surface area (Å²) in [6.07, 6.45) is -2.44. The Morgan fingerprint density at radius 2 is 1.46 bits per heavy atom. The van der Waals surface area contributed by atoms with Crippen molar-refractivity contribution in [3.8, 4) is 5.75 Å². The lowest BCUT2D eigenvalue weighted by Crippen LogP contribution is -2.48. The van der Waals surface area contributed by atoms with E-state index in [-0.39, 0.29) is 5.91 Å². The van der Waals surface area contributed by atoms with Gasteiger partial charge in [-0.15, -0.1) is 0 Å². The number of carbonyl (C=O) groups is 1. The first kappa shape index (κ1) is 24.8. The average molecular weight is 483 g/mol. The summed E-state index contributed by atoms with van der Waals surface area (Å²) in [4.78, 5) is 16.9. The summed E-state index contributed by atoms with van der Waals surface area (Å²) in [5, 5.41) is 0. The molecule has 1 aliphatic heterocycles. The Morgan fingerprint density at radius 1 is 0.800 bits per heavy atom. The van der Waals surface area contributed by atoms with E-state index in [1.54, 1.807) is 12.1 Å². The van der Waals surface area contributed by atoms with Gasteiger partial charge in [0.25, 0.3) is 5.91 Å². The molecule has 1 fully saturated rings. The normalized spacial score (nSPS) is 14.7. The van der Waals surface area contributed by atoms with Gasteiger partial charge in [-0.05, 0) is 60.4 Å². The third-order valence-electron chi connectivity index (χ3n) is 6.17. The van der Waals surface area contributed by atoms with Gasteiger partial charge in [0.05, 0.1) is 12.2 Å². The molecule has 1 saturated heterocycles. The molecule has 0 radical (unpaired) electrons. The number of hydrogen-bond donors (Lipinski definition) is 0. The van der Waals surface area contributed by atoms with E-state index in [1.807, 2.05) is 35.2 Å². The first-order chi connectivity index (χ1) is 16.9. The first-order valence-electron chi connectivity index (χ1n) is 11.8. The van der Waals surface area contributed by atoms with Crippen molar-refractivity contribution in [2.24, 2.45) is 0 Å². The van der Waals surface area contributed by atoms with Gasteiger partial charge in [-0.25, -0.2) is 0 Å². The molecule has 0 spiro atoms. The minimum Gasteiger partial charge on any atom is -0.494 e. The fourth-order valence-corrected chi connectivity index (χ4v) is 4.15. The number of piperazine rings is 1. The minimum atomic E-state index is -4.32. The van der Waals surface area contributed by atoms with Crippen LogP contribution in [0.2, 0.25) is 0 Å². The maximum atomic E-state index is 12.9. The summed E-state index contributed by atoms with van der Waals surface area (Å²) in [5.41, 5.74) is 2.10. The fourth-order valence-electron chi connectivity index (χ4n) is 4.15. The van der Waals surface area contributed by atoms with Crippen LogP contribution in [0.3, 0.4) is 0 Å². The number of carbonyl (C=O) groups excluding carboxylic acids is 1. The van der Waals surface area contributed by atoms with E-state index in [4.69, 9.17) is 4.74 Å². The standard InChI is InChI=1S/C28H29F3N2O2/c29-28(30,31)25-12-8-23(9-13-25)21-32-16-18-33(19-17-32)27(34)24-10-14-26(15-11-24)35-20-4-7-22-5-2-1-3-6-22/h1-3,5-6,8-15H,4,7,16-21H2. The van der Waals surface area contributed by atoms with Crippen molar-refractivity contribution in [3.63, 3.8) is 0 Å². The number of amides is 1. The van der Waals surface area contributed by atoms with Crippen LogP contribution in [0.4, 0.5) is 13.2 Å². The topological polar surface area (TPSA) is 32.8 Å². The van der Waals surface area contributed by atoms with E-state index in [0.29, 0.717) is 44.9 Å². The molecule has 4 nitrogen and oxygen atoms in total. The number of nitrogens with zero attached hydrogens (tertiary/aromatic N) is 2. The second-order valence-electron chi connectivity index (χ2n) is 8.73. The fraction of sp³-hybridized carbons (Fsp3) is 0.321. The lowest BCUT2D eigenvalue weighted by atomic mass is 10.1. The maximum Gasteiger partial charge on any atom is 0.416 e. The van der Waals surface area contributed by atoms with E-state index >= 15 is 0 Å². The van der Waals surface area contributed by atoms with Crippen LogP contribution in [-0.4, -0.2) is 48.5 Å². The number of ether oxygens (including phenoxy) is 1. The number of benzene rings is 3. The van der Waals surface area contributed by atoms with Crippen LogP contribution in [-0.2, 0) is 19.1 Å². The van der Waals surface area contributed by atoms with Gasteiger partial charge in [0, 0.05) is 38.3 Å². The Balaban J connectivity index is 1.20. The van der Waals surface area contributed by atoms with E-state index in [9.17, 15) is 18.0 Å². The predicted octanol–water partition coefficient (Wildman–Crippen LogP) is 5.68. The molecule has 0 N–H and O–H groups in total. The maximum absolute atomic E-state index is 12.9. The molecule has 1 amide bonds. The molecule has 7 heteroatoms. The largest absolute Gasteiger partial charge is 0.494 e. The molecule has 1 aliphatic rings. The number of alkyl halides is 3. The van der Waals surface area contributed by atoms with Crippen LogP contribution >= 0.6 is 0 Å². The van der Waals surface area contributed by atoms with Gasteiger partial charge in [0.1, 0.15) is 5.75 Å². The summed E-state index contributed by atoms with van der Waals surface area (Å²) in [6.45, 7) is 3.69. The molecule has 1 heterocycles. The van der Waals surface area contributed by atoms with Gasteiger partial charge < -0.3 is 9.64 Å². The average Bonchev–Trinajstić information content (AvgIpc) is 2.87. The summed E-state index contributed by atoms with van der Waals surface area (Å²) >= 11 is 0. The van der Waals surface area contributed by atoms with Gasteiger partial charge >= 0.3 is 6.18 Å². The van der Waals surface area contributed by atoms with Gasteiger partial charge in [-0.2, -0.15) is 13.2 Å². The zero-order chi connectivity index (χ0) is 24.7. The van der Waals surface area contributed by atoms with Crippen molar-refractivity contribution < 1.29 is 22.7 Å². The Labute approximate surface area is 203 Å². The number of hydrogen-bond acceptors (Lipinski definition) is 3. The van der Waals surface area contributed by atoms with Crippen LogP contribution in [0.5, 0.6) is 5.75 Å². The van der Waals surface area contributed by atoms with Crippen LogP contribution < -0.4 is 4.74 Å². The van der Waals surface area contributed by atoms with Crippen LogP contribution in [0.1, 0.15) is 33.5 Å². The zero-order valence-electron chi connectivity index (χ0n) is 19.5. The molecule has 0 atom stereocenters. The van der Waals surface area contributed by atoms with Gasteiger partial charge in [0.15, 0.2) is 0 Å². The van der Waals surface area contributed by atoms with Crippen molar-refractivity contribution in [3.05, 3.63) is 101 Å². The summed E-state index contributed by atoms with van der Waals surface area (Å²) in [6, 6.07) is 22.8. The molecule has 0 aliphatic carbocycles. The number of rotatable bonds is 8. The van der Waals surface area contributed by atoms with Crippen LogP contribution in [0.25, 0.3) is 0 Å². The Kier molecular flexibility index (Phi) is 8.08. The highest BCUT2D eigenvalue weighted by Crippen LogP contribution is 2.29. The minimum absolute atomic E-state index is 0.0187. The summed E-state index contributed by atoms with van der Waals surface area (Å²) in [7, 11) is 0. The van der Waals surface area contributed by atoms with E-state index in [2.05, 4.69) is 17.0 Å². The van der Waals surface area contributed by atoms with Gasteiger partial charge in [-0.1, -0.05) is 42.5 Å². The van der Waals surface area contributed by atoms with Gasteiger partial charge in [-0.3, -0.25) is 9.69 Å². The van der Waals surface area contributed by atoms with E-state index < -0.39 is 11.7 Å². The second kappa shape index (κ2) is 11.4. The monoisotopic (exact) mass is 482 g/mol. The van der Waals surface area contributed by atoms with Crippen molar-refractivity contribution in [1.29, 1.82) is 0 Å². The molecular formula is C28H29F3N2O2. The zero-order valence-corrected chi connectivity index (χ0v) is 19.5.